The standard InChI is InChI=1S/C12H20/c1-3-8-11(4-2)12-9-6-5-7-10-12/h3-4,11-12H,1-2,5-10H2. The van der Waals surface area contributed by atoms with Gasteiger partial charge in [0, 0.05) is 0 Å². The Morgan fingerprint density at radius 1 is 1.17 bits per heavy atom. The van der Waals surface area contributed by atoms with Crippen molar-refractivity contribution in [3.63, 3.8) is 0 Å². The van der Waals surface area contributed by atoms with E-state index in [4.69, 9.17) is 0 Å². The molecule has 1 aliphatic carbocycles. The van der Waals surface area contributed by atoms with Gasteiger partial charge in [0.05, 0.1) is 0 Å². The Hall–Kier alpha value is -0.520. The van der Waals surface area contributed by atoms with Crippen LogP contribution in [0.3, 0.4) is 0 Å². The molecule has 0 saturated heterocycles. The molecule has 0 spiro atoms. The summed E-state index contributed by atoms with van der Waals surface area (Å²) in [6, 6.07) is 0. The van der Waals surface area contributed by atoms with Crippen LogP contribution in [0.25, 0.3) is 0 Å². The van der Waals surface area contributed by atoms with Crippen molar-refractivity contribution in [1.29, 1.82) is 0 Å². The first-order valence-corrected chi connectivity index (χ1v) is 5.12. The summed E-state index contributed by atoms with van der Waals surface area (Å²) in [5.74, 6) is 1.59. The summed E-state index contributed by atoms with van der Waals surface area (Å²) in [7, 11) is 0. The third-order valence-corrected chi connectivity index (χ3v) is 3.00. The lowest BCUT2D eigenvalue weighted by atomic mass is 9.79. The average Bonchev–Trinajstić information content (AvgIpc) is 2.15. The smallest absolute Gasteiger partial charge is 0.0173 e. The van der Waals surface area contributed by atoms with Gasteiger partial charge in [-0.2, -0.15) is 0 Å². The summed E-state index contributed by atoms with van der Waals surface area (Å²) in [6.45, 7) is 7.70. The van der Waals surface area contributed by atoms with E-state index in [0.717, 1.165) is 12.3 Å². The van der Waals surface area contributed by atoms with Gasteiger partial charge >= 0.3 is 0 Å². The van der Waals surface area contributed by atoms with Crippen LogP contribution >= 0.6 is 0 Å². The molecule has 1 saturated carbocycles. The van der Waals surface area contributed by atoms with Crippen LogP contribution in [-0.4, -0.2) is 0 Å². The second kappa shape index (κ2) is 5.18. The Balaban J connectivity index is 2.39. The van der Waals surface area contributed by atoms with Crippen molar-refractivity contribution < 1.29 is 0 Å². The molecule has 0 bridgehead atoms. The molecule has 1 rings (SSSR count). The second-order valence-corrected chi connectivity index (χ2v) is 3.82. The normalized spacial score (nSPS) is 21.7. The largest absolute Gasteiger partial charge is 0.103 e. The molecule has 12 heavy (non-hydrogen) atoms. The summed E-state index contributed by atoms with van der Waals surface area (Å²) < 4.78 is 0. The highest BCUT2D eigenvalue weighted by Gasteiger charge is 2.19. The Bertz CT molecular complexity index is 140. The topological polar surface area (TPSA) is 0 Å². The molecular formula is C12H20. The first-order valence-electron chi connectivity index (χ1n) is 5.12. The molecule has 1 fully saturated rings. The molecule has 0 N–H and O–H groups in total. The molecule has 0 heterocycles. The first kappa shape index (κ1) is 9.57. The summed E-state index contributed by atoms with van der Waals surface area (Å²) in [5, 5.41) is 0. The fourth-order valence-corrected chi connectivity index (χ4v) is 2.24. The maximum absolute atomic E-state index is 3.91. The van der Waals surface area contributed by atoms with Crippen molar-refractivity contribution in [3.05, 3.63) is 25.3 Å². The van der Waals surface area contributed by atoms with Crippen LogP contribution in [0.5, 0.6) is 0 Å². The van der Waals surface area contributed by atoms with E-state index in [9.17, 15) is 0 Å². The number of allylic oxidation sites excluding steroid dienone is 2. The first-order chi connectivity index (χ1) is 5.88. The zero-order valence-electron chi connectivity index (χ0n) is 7.97. The minimum Gasteiger partial charge on any atom is -0.103 e. The van der Waals surface area contributed by atoms with Gasteiger partial charge in [-0.05, 0) is 31.1 Å². The zero-order valence-corrected chi connectivity index (χ0v) is 7.97. The van der Waals surface area contributed by atoms with Gasteiger partial charge in [-0.25, -0.2) is 0 Å². The Labute approximate surface area is 76.4 Å². The summed E-state index contributed by atoms with van der Waals surface area (Å²) in [5.41, 5.74) is 0. The SMILES string of the molecule is C=CCC(C=C)C1CCCCC1. The van der Waals surface area contributed by atoms with Gasteiger partial charge in [0.1, 0.15) is 0 Å². The average molecular weight is 164 g/mol. The fraction of sp³-hybridized carbons (Fsp3) is 0.667. The summed E-state index contributed by atoms with van der Waals surface area (Å²) >= 11 is 0. The van der Waals surface area contributed by atoms with E-state index in [1.807, 2.05) is 6.08 Å². The molecule has 0 heteroatoms. The molecule has 1 aliphatic rings. The monoisotopic (exact) mass is 164 g/mol. The van der Waals surface area contributed by atoms with Gasteiger partial charge < -0.3 is 0 Å². The van der Waals surface area contributed by atoms with Crippen LogP contribution in [0.1, 0.15) is 38.5 Å². The predicted molar refractivity (Wildman–Crippen MR) is 55.1 cm³/mol. The quantitative estimate of drug-likeness (QED) is 0.552. The van der Waals surface area contributed by atoms with E-state index < -0.39 is 0 Å². The summed E-state index contributed by atoms with van der Waals surface area (Å²) in [6.07, 6.45) is 12.4. The highest BCUT2D eigenvalue weighted by atomic mass is 14.2. The Morgan fingerprint density at radius 2 is 1.83 bits per heavy atom. The van der Waals surface area contributed by atoms with E-state index in [-0.39, 0.29) is 0 Å². The number of hydrogen-bond acceptors (Lipinski definition) is 0. The molecule has 0 aromatic rings. The van der Waals surface area contributed by atoms with E-state index in [1.165, 1.54) is 32.1 Å². The van der Waals surface area contributed by atoms with Crippen molar-refractivity contribution in [2.75, 3.05) is 0 Å². The second-order valence-electron chi connectivity index (χ2n) is 3.82. The molecular weight excluding hydrogens is 144 g/mol. The zero-order chi connectivity index (χ0) is 8.81. The van der Waals surface area contributed by atoms with Crippen LogP contribution in [0, 0.1) is 11.8 Å². The van der Waals surface area contributed by atoms with E-state index >= 15 is 0 Å². The minimum absolute atomic E-state index is 0.697. The lowest BCUT2D eigenvalue weighted by Gasteiger charge is -2.27. The van der Waals surface area contributed by atoms with Crippen molar-refractivity contribution in [3.8, 4) is 0 Å². The van der Waals surface area contributed by atoms with E-state index in [1.54, 1.807) is 0 Å². The van der Waals surface area contributed by atoms with Gasteiger partial charge in [0.25, 0.3) is 0 Å². The van der Waals surface area contributed by atoms with Crippen molar-refractivity contribution in [2.24, 2.45) is 11.8 Å². The Kier molecular flexibility index (Phi) is 4.13. The number of rotatable bonds is 4. The predicted octanol–water partition coefficient (Wildman–Crippen LogP) is 3.95. The van der Waals surface area contributed by atoms with Crippen LogP contribution < -0.4 is 0 Å². The maximum Gasteiger partial charge on any atom is -0.0173 e. The molecule has 0 aliphatic heterocycles. The van der Waals surface area contributed by atoms with E-state index in [0.29, 0.717) is 5.92 Å². The van der Waals surface area contributed by atoms with Crippen LogP contribution in [-0.2, 0) is 0 Å². The lowest BCUT2D eigenvalue weighted by molar-refractivity contribution is 0.287. The van der Waals surface area contributed by atoms with Gasteiger partial charge in [0.15, 0.2) is 0 Å². The van der Waals surface area contributed by atoms with Crippen molar-refractivity contribution >= 4 is 0 Å². The minimum atomic E-state index is 0.697. The summed E-state index contributed by atoms with van der Waals surface area (Å²) in [4.78, 5) is 0. The molecule has 0 amide bonds. The maximum atomic E-state index is 3.91. The van der Waals surface area contributed by atoms with Gasteiger partial charge in [-0.3, -0.25) is 0 Å². The highest BCUT2D eigenvalue weighted by Crippen LogP contribution is 2.32. The highest BCUT2D eigenvalue weighted by molar-refractivity contribution is 4.90. The lowest BCUT2D eigenvalue weighted by Crippen LogP contribution is -2.15. The van der Waals surface area contributed by atoms with Crippen LogP contribution in [0.4, 0.5) is 0 Å². The molecule has 0 nitrogen and oxygen atoms in total. The molecule has 1 atom stereocenters. The molecule has 68 valence electrons. The fourth-order valence-electron chi connectivity index (χ4n) is 2.24. The van der Waals surface area contributed by atoms with Crippen molar-refractivity contribution in [2.45, 2.75) is 38.5 Å². The van der Waals surface area contributed by atoms with Crippen LogP contribution in [0.15, 0.2) is 25.3 Å². The van der Waals surface area contributed by atoms with Crippen LogP contribution in [0.2, 0.25) is 0 Å². The van der Waals surface area contributed by atoms with E-state index in [2.05, 4.69) is 19.2 Å². The molecule has 0 aromatic heterocycles. The number of hydrogen-bond donors (Lipinski definition) is 0. The third-order valence-electron chi connectivity index (χ3n) is 3.00. The molecule has 1 unspecified atom stereocenters. The van der Waals surface area contributed by atoms with Gasteiger partial charge in [-0.15, -0.1) is 13.2 Å². The van der Waals surface area contributed by atoms with Crippen molar-refractivity contribution in [1.82, 2.24) is 0 Å². The van der Waals surface area contributed by atoms with Gasteiger partial charge in [-0.1, -0.05) is 31.4 Å². The molecule has 0 radical (unpaired) electrons. The molecule has 0 aromatic carbocycles. The van der Waals surface area contributed by atoms with Gasteiger partial charge in [0.2, 0.25) is 0 Å². The Morgan fingerprint density at radius 3 is 2.33 bits per heavy atom. The third kappa shape index (κ3) is 2.51.